The number of thiazole rings is 1. The maximum absolute atomic E-state index is 11.3. The molecule has 0 aromatic carbocycles. The van der Waals surface area contributed by atoms with Crippen molar-refractivity contribution in [2.45, 2.75) is 13.5 Å². The number of ether oxygens (including phenoxy) is 1. The quantitative estimate of drug-likeness (QED) is 0.846. The van der Waals surface area contributed by atoms with Crippen molar-refractivity contribution in [1.29, 1.82) is 0 Å². The Kier molecular flexibility index (Phi) is 3.83. The van der Waals surface area contributed by atoms with Crippen LogP contribution in [0.1, 0.15) is 21.2 Å². The molecule has 0 radical (unpaired) electrons. The lowest BCUT2D eigenvalue weighted by Gasteiger charge is -2.05. The summed E-state index contributed by atoms with van der Waals surface area (Å²) in [5, 5.41) is 3.12. The third-order valence-corrected chi connectivity index (χ3v) is 3.23. The molecule has 2 heterocycles. The Bertz CT molecular complexity index is 555. The molecule has 0 aliphatic carbocycles. The highest BCUT2D eigenvalue weighted by atomic mass is 32.1. The van der Waals surface area contributed by atoms with E-state index in [-0.39, 0.29) is 5.82 Å². The Hall–Kier alpha value is -2.02. The number of carbonyl (C=O) groups excluding carboxylic acids is 1. The smallest absolute Gasteiger partial charge is 0.376 e. The van der Waals surface area contributed by atoms with Crippen molar-refractivity contribution in [2.75, 3.05) is 12.4 Å². The van der Waals surface area contributed by atoms with Gasteiger partial charge in [-0.2, -0.15) is 0 Å². The summed E-state index contributed by atoms with van der Waals surface area (Å²) in [7, 11) is 1.30. The second kappa shape index (κ2) is 5.54. The average Bonchev–Trinajstić information content (AvgIpc) is 2.81. The van der Waals surface area contributed by atoms with Gasteiger partial charge in [0.1, 0.15) is 5.82 Å². The van der Waals surface area contributed by atoms with Crippen molar-refractivity contribution in [1.82, 2.24) is 15.0 Å². The summed E-state index contributed by atoms with van der Waals surface area (Å²) >= 11 is 1.58. The van der Waals surface area contributed by atoms with Gasteiger partial charge in [-0.05, 0) is 13.0 Å². The van der Waals surface area contributed by atoms with Crippen molar-refractivity contribution in [3.63, 3.8) is 0 Å². The minimum absolute atomic E-state index is 0.0449. The molecule has 0 aliphatic heterocycles. The number of aromatic nitrogens is 3. The third kappa shape index (κ3) is 2.80. The van der Waals surface area contributed by atoms with Gasteiger partial charge in [-0.1, -0.05) is 0 Å². The summed E-state index contributed by atoms with van der Waals surface area (Å²) in [6.45, 7) is 2.57. The summed E-state index contributed by atoms with van der Waals surface area (Å²) in [5.41, 5.74) is 2.79. The van der Waals surface area contributed by atoms with E-state index in [0.29, 0.717) is 12.4 Å². The van der Waals surface area contributed by atoms with Crippen LogP contribution in [0.25, 0.3) is 0 Å². The maximum atomic E-state index is 11.3. The number of hydrogen-bond acceptors (Lipinski definition) is 7. The standard InChI is InChI=1S/C11H12N4O2S/c1-7-8(18-6-14-7)5-13-9-3-4-12-10(15-9)11(16)17-2/h3-4,6H,5H2,1-2H3,(H,12,13,15). The van der Waals surface area contributed by atoms with Crippen molar-refractivity contribution < 1.29 is 9.53 Å². The second-order valence-corrected chi connectivity index (χ2v) is 4.41. The van der Waals surface area contributed by atoms with Crippen molar-refractivity contribution in [2.24, 2.45) is 0 Å². The average molecular weight is 264 g/mol. The summed E-state index contributed by atoms with van der Waals surface area (Å²) in [6, 6.07) is 1.70. The van der Waals surface area contributed by atoms with Crippen molar-refractivity contribution >= 4 is 23.1 Å². The van der Waals surface area contributed by atoms with Crippen LogP contribution in [-0.2, 0) is 11.3 Å². The predicted octanol–water partition coefficient (Wildman–Crippen LogP) is 1.64. The second-order valence-electron chi connectivity index (χ2n) is 3.47. The number of carbonyl (C=O) groups is 1. The van der Waals surface area contributed by atoms with Crippen molar-refractivity contribution in [3.05, 3.63) is 34.2 Å². The summed E-state index contributed by atoms with van der Waals surface area (Å²) in [5.74, 6) is 0.0781. The van der Waals surface area contributed by atoms with Gasteiger partial charge in [-0.3, -0.25) is 0 Å². The number of nitrogens with one attached hydrogen (secondary N) is 1. The number of rotatable bonds is 4. The van der Waals surface area contributed by atoms with Gasteiger partial charge in [0.2, 0.25) is 5.82 Å². The molecule has 0 unspecified atom stereocenters. The molecule has 1 N–H and O–H groups in total. The molecule has 0 atom stereocenters. The van der Waals surface area contributed by atoms with Gasteiger partial charge in [-0.15, -0.1) is 11.3 Å². The largest absolute Gasteiger partial charge is 0.463 e. The zero-order chi connectivity index (χ0) is 13.0. The molecule has 6 nitrogen and oxygen atoms in total. The lowest BCUT2D eigenvalue weighted by Crippen LogP contribution is -2.09. The normalized spacial score (nSPS) is 10.1. The van der Waals surface area contributed by atoms with Crippen LogP contribution in [0.2, 0.25) is 0 Å². The zero-order valence-electron chi connectivity index (χ0n) is 10.0. The first-order valence-electron chi connectivity index (χ1n) is 5.25. The minimum atomic E-state index is -0.548. The minimum Gasteiger partial charge on any atom is -0.463 e. The van der Waals surface area contributed by atoms with Gasteiger partial charge >= 0.3 is 5.97 Å². The van der Waals surface area contributed by atoms with E-state index in [9.17, 15) is 4.79 Å². The van der Waals surface area contributed by atoms with Crippen LogP contribution in [-0.4, -0.2) is 28.0 Å². The SMILES string of the molecule is COC(=O)c1nccc(NCc2scnc2C)n1. The van der Waals surface area contributed by atoms with Crippen LogP contribution in [0.3, 0.4) is 0 Å². The fraction of sp³-hybridized carbons (Fsp3) is 0.273. The molecule has 2 rings (SSSR count). The molecule has 18 heavy (non-hydrogen) atoms. The van der Waals surface area contributed by atoms with E-state index in [1.165, 1.54) is 13.3 Å². The molecule has 94 valence electrons. The molecule has 0 saturated carbocycles. The van der Waals surface area contributed by atoms with Crippen LogP contribution in [0.4, 0.5) is 5.82 Å². The first-order chi connectivity index (χ1) is 8.70. The molecule has 0 aliphatic rings. The number of hydrogen-bond donors (Lipinski definition) is 1. The first-order valence-corrected chi connectivity index (χ1v) is 6.13. The predicted molar refractivity (Wildman–Crippen MR) is 67.5 cm³/mol. The molecule has 2 aromatic rings. The number of anilines is 1. The molecular weight excluding hydrogens is 252 g/mol. The Morgan fingerprint density at radius 1 is 1.50 bits per heavy atom. The van der Waals surface area contributed by atoms with E-state index in [0.717, 1.165) is 10.6 Å². The fourth-order valence-corrected chi connectivity index (χ4v) is 2.03. The van der Waals surface area contributed by atoms with E-state index in [1.807, 2.05) is 6.92 Å². The molecule has 0 saturated heterocycles. The van der Waals surface area contributed by atoms with E-state index in [1.54, 1.807) is 22.9 Å². The summed E-state index contributed by atoms with van der Waals surface area (Å²) in [4.78, 5) is 24.5. The van der Waals surface area contributed by atoms with E-state index in [4.69, 9.17) is 0 Å². The monoisotopic (exact) mass is 264 g/mol. The van der Waals surface area contributed by atoms with Gasteiger partial charge in [0.05, 0.1) is 24.9 Å². The number of esters is 1. The number of methoxy groups -OCH3 is 1. The zero-order valence-corrected chi connectivity index (χ0v) is 10.8. The van der Waals surface area contributed by atoms with Crippen LogP contribution < -0.4 is 5.32 Å². The molecule has 0 spiro atoms. The molecule has 0 bridgehead atoms. The van der Waals surface area contributed by atoms with Crippen LogP contribution in [0, 0.1) is 6.92 Å². The Morgan fingerprint density at radius 2 is 2.33 bits per heavy atom. The van der Waals surface area contributed by atoms with Crippen LogP contribution in [0.5, 0.6) is 0 Å². The highest BCUT2D eigenvalue weighted by Crippen LogP contribution is 2.14. The van der Waals surface area contributed by atoms with Gasteiger partial charge in [-0.25, -0.2) is 19.7 Å². The highest BCUT2D eigenvalue weighted by Gasteiger charge is 2.09. The molecule has 0 fully saturated rings. The molecule has 0 amide bonds. The lowest BCUT2D eigenvalue weighted by molar-refractivity contribution is 0.0587. The van der Waals surface area contributed by atoms with Gasteiger partial charge < -0.3 is 10.1 Å². The molecular formula is C11H12N4O2S. The van der Waals surface area contributed by atoms with Gasteiger partial charge in [0.15, 0.2) is 0 Å². The molecule has 2 aromatic heterocycles. The third-order valence-electron chi connectivity index (χ3n) is 2.30. The number of aryl methyl sites for hydroxylation is 1. The first kappa shape index (κ1) is 12.4. The Balaban J connectivity index is 2.06. The summed E-state index contributed by atoms with van der Waals surface area (Å²) < 4.78 is 4.56. The molecule has 7 heteroatoms. The van der Waals surface area contributed by atoms with E-state index >= 15 is 0 Å². The number of nitrogens with zero attached hydrogens (tertiary/aromatic N) is 3. The topological polar surface area (TPSA) is 77.0 Å². The Labute approximate surface area is 108 Å². The maximum Gasteiger partial charge on any atom is 0.376 e. The van der Waals surface area contributed by atoms with Crippen LogP contribution >= 0.6 is 11.3 Å². The summed E-state index contributed by atoms with van der Waals surface area (Å²) in [6.07, 6.45) is 1.51. The van der Waals surface area contributed by atoms with E-state index in [2.05, 4.69) is 25.0 Å². The van der Waals surface area contributed by atoms with Gasteiger partial charge in [0, 0.05) is 11.1 Å². The van der Waals surface area contributed by atoms with Gasteiger partial charge in [0.25, 0.3) is 0 Å². The highest BCUT2D eigenvalue weighted by molar-refractivity contribution is 7.09. The van der Waals surface area contributed by atoms with E-state index < -0.39 is 5.97 Å². The Morgan fingerprint density at radius 3 is 3.00 bits per heavy atom. The van der Waals surface area contributed by atoms with Crippen molar-refractivity contribution in [3.8, 4) is 0 Å². The lowest BCUT2D eigenvalue weighted by atomic mass is 10.4. The van der Waals surface area contributed by atoms with Crippen LogP contribution in [0.15, 0.2) is 17.8 Å². The fourth-order valence-electron chi connectivity index (χ4n) is 1.31.